The maximum Gasteiger partial charge on any atom is 0.259 e. The first-order chi connectivity index (χ1) is 13.7. The van der Waals surface area contributed by atoms with Crippen molar-refractivity contribution < 1.29 is 8.42 Å². The average molecular weight is 418 g/mol. The Balaban J connectivity index is 2.27. The van der Waals surface area contributed by atoms with E-state index < -0.39 is 16.2 Å². The van der Waals surface area contributed by atoms with Crippen LogP contribution in [0.1, 0.15) is 53.4 Å². The van der Waals surface area contributed by atoms with Gasteiger partial charge < -0.3 is 0 Å². The number of nitrogens with zero attached hydrogens (tertiary/aromatic N) is 5. The average Bonchev–Trinajstić information content (AvgIpc) is 3.07. The molecule has 1 aliphatic heterocycles. The summed E-state index contributed by atoms with van der Waals surface area (Å²) in [6.07, 6.45) is 1.13. The molecule has 2 aromatic rings. The van der Waals surface area contributed by atoms with Crippen LogP contribution in [0.2, 0.25) is 0 Å². The molecule has 0 saturated carbocycles. The molecule has 0 spiro atoms. The van der Waals surface area contributed by atoms with Crippen molar-refractivity contribution in [1.82, 2.24) is 24.6 Å². The minimum Gasteiger partial charge on any atom is -0.258 e. The second-order valence-electron chi connectivity index (χ2n) is 8.02. The van der Waals surface area contributed by atoms with Gasteiger partial charge in [0.15, 0.2) is 6.17 Å². The molecule has 1 saturated heterocycles. The third-order valence-corrected chi connectivity index (χ3v) is 6.53. The third-order valence-electron chi connectivity index (χ3n) is 4.80. The fourth-order valence-corrected chi connectivity index (χ4v) is 5.40. The molecule has 0 amide bonds. The highest BCUT2D eigenvalue weighted by Gasteiger charge is 2.54. The van der Waals surface area contributed by atoms with Crippen molar-refractivity contribution in [2.75, 3.05) is 0 Å². The molecule has 158 valence electrons. The second-order valence-corrected chi connectivity index (χ2v) is 9.82. The van der Waals surface area contributed by atoms with Crippen molar-refractivity contribution >= 4 is 10.0 Å². The van der Waals surface area contributed by atoms with Gasteiger partial charge in [-0.2, -0.15) is 10.1 Å². The van der Waals surface area contributed by atoms with Crippen molar-refractivity contribution in [2.24, 2.45) is 0 Å². The fraction of sp³-hybridized carbons (Fsp3) is 0.476. The zero-order valence-electron chi connectivity index (χ0n) is 18.0. The first kappa shape index (κ1) is 21.9. The Kier molecular flexibility index (Phi) is 6.40. The molecule has 1 fully saturated rings. The van der Waals surface area contributed by atoms with Gasteiger partial charge in [0, 0.05) is 24.3 Å². The Morgan fingerprint density at radius 1 is 0.793 bits per heavy atom. The van der Waals surface area contributed by atoms with E-state index in [9.17, 15) is 8.42 Å². The lowest BCUT2D eigenvalue weighted by atomic mass is 10.2. The Morgan fingerprint density at radius 3 is 1.86 bits per heavy atom. The number of hydrogen-bond acceptors (Lipinski definition) is 6. The van der Waals surface area contributed by atoms with Gasteiger partial charge in [-0.25, -0.2) is 8.42 Å². The zero-order chi connectivity index (χ0) is 21.3. The lowest BCUT2D eigenvalue weighted by Crippen LogP contribution is -2.55. The Bertz CT molecular complexity index is 903. The van der Waals surface area contributed by atoms with Crippen LogP contribution in [0.4, 0.5) is 0 Å². The molecule has 1 atom stereocenters. The van der Waals surface area contributed by atoms with Crippen LogP contribution >= 0.6 is 0 Å². The Morgan fingerprint density at radius 2 is 1.38 bits per heavy atom. The van der Waals surface area contributed by atoms with Crippen molar-refractivity contribution in [3.05, 3.63) is 60.4 Å². The van der Waals surface area contributed by atoms with Gasteiger partial charge in [0.05, 0.1) is 10.6 Å². The van der Waals surface area contributed by atoms with Crippen LogP contribution in [0.5, 0.6) is 0 Å². The monoisotopic (exact) mass is 417 g/mol. The van der Waals surface area contributed by atoms with E-state index in [0.29, 0.717) is 5.69 Å². The first-order valence-electron chi connectivity index (χ1n) is 10.0. The highest BCUT2D eigenvalue weighted by atomic mass is 32.2. The molecule has 3 rings (SSSR count). The molecule has 2 heterocycles. The van der Waals surface area contributed by atoms with Crippen molar-refractivity contribution in [1.29, 1.82) is 0 Å². The van der Waals surface area contributed by atoms with Gasteiger partial charge in [-0.15, -0.1) is 5.12 Å². The summed E-state index contributed by atoms with van der Waals surface area (Å²) in [6, 6.07) is 14.3. The van der Waals surface area contributed by atoms with Gasteiger partial charge in [-0.1, -0.05) is 28.7 Å². The molecule has 1 unspecified atom stereocenters. The molecule has 1 aromatic carbocycles. The molecule has 0 radical (unpaired) electrons. The largest absolute Gasteiger partial charge is 0.259 e. The first-order valence-corrected chi connectivity index (χ1v) is 11.5. The number of benzene rings is 1. The number of rotatable bonds is 6. The predicted octanol–water partition coefficient (Wildman–Crippen LogP) is 3.66. The molecular formula is C21H31N5O2S. The van der Waals surface area contributed by atoms with E-state index in [-0.39, 0.29) is 23.0 Å². The molecule has 29 heavy (non-hydrogen) atoms. The summed E-state index contributed by atoms with van der Waals surface area (Å²) in [6.45, 7) is 12.3. The van der Waals surface area contributed by atoms with Crippen LogP contribution < -0.4 is 0 Å². The summed E-state index contributed by atoms with van der Waals surface area (Å²) in [5.41, 5.74) is 0.689. The molecule has 0 aliphatic carbocycles. The van der Waals surface area contributed by atoms with Gasteiger partial charge >= 0.3 is 0 Å². The summed E-state index contributed by atoms with van der Waals surface area (Å²) in [7, 11) is -3.83. The Labute approximate surface area is 174 Å². The molecule has 8 heteroatoms. The topological polar surface area (TPSA) is 60.0 Å². The molecule has 1 aromatic heterocycles. The number of sulfonamides is 1. The van der Waals surface area contributed by atoms with E-state index in [4.69, 9.17) is 0 Å². The molecule has 0 bridgehead atoms. The minimum atomic E-state index is -3.83. The maximum atomic E-state index is 13.9. The summed E-state index contributed by atoms with van der Waals surface area (Å²) in [5.74, 6) is 0. The lowest BCUT2D eigenvalue weighted by molar-refractivity contribution is -0.204. The van der Waals surface area contributed by atoms with Crippen LogP contribution in [-0.4, -0.2) is 51.2 Å². The smallest absolute Gasteiger partial charge is 0.258 e. The highest BCUT2D eigenvalue weighted by Crippen LogP contribution is 2.42. The molecule has 1 aliphatic rings. The van der Waals surface area contributed by atoms with E-state index in [0.717, 1.165) is 0 Å². The van der Waals surface area contributed by atoms with Gasteiger partial charge in [-0.05, 0) is 65.8 Å². The zero-order valence-corrected chi connectivity index (χ0v) is 18.8. The number of aromatic nitrogens is 1. The van der Waals surface area contributed by atoms with Gasteiger partial charge in [0.1, 0.15) is 0 Å². The summed E-state index contributed by atoms with van der Waals surface area (Å²) >= 11 is 0. The minimum absolute atomic E-state index is 0.0571. The summed E-state index contributed by atoms with van der Waals surface area (Å²) in [4.78, 5) is 4.80. The van der Waals surface area contributed by atoms with E-state index in [1.807, 2.05) is 43.2 Å². The van der Waals surface area contributed by atoms with E-state index in [1.165, 1.54) is 4.41 Å². The SMILES string of the molecule is CC(C)N1C(c2ccccn2)N(S(=O)(=O)c2ccccc2)N(C(C)C)N1C(C)C. The number of hydrazine groups is 3. The highest BCUT2D eigenvalue weighted by molar-refractivity contribution is 7.89. The standard InChI is InChI=1S/C21H31N5O2S/c1-16(2)23-21(20-14-10-11-15-22-20)26(25(18(5)6)24(23)17(3)4)29(27,28)19-12-8-7-9-13-19/h7-18,21H,1-6H3. The van der Waals surface area contributed by atoms with Crippen molar-refractivity contribution in [3.63, 3.8) is 0 Å². The number of hydrogen-bond donors (Lipinski definition) is 0. The van der Waals surface area contributed by atoms with Gasteiger partial charge in [-0.3, -0.25) is 4.98 Å². The van der Waals surface area contributed by atoms with Crippen LogP contribution in [0.15, 0.2) is 59.6 Å². The van der Waals surface area contributed by atoms with Gasteiger partial charge in [0.2, 0.25) is 0 Å². The van der Waals surface area contributed by atoms with E-state index in [2.05, 4.69) is 42.8 Å². The maximum absolute atomic E-state index is 13.9. The predicted molar refractivity (Wildman–Crippen MR) is 113 cm³/mol. The number of pyridine rings is 1. The van der Waals surface area contributed by atoms with E-state index >= 15 is 0 Å². The quantitative estimate of drug-likeness (QED) is 0.715. The molecular weight excluding hydrogens is 386 g/mol. The van der Waals surface area contributed by atoms with Crippen LogP contribution in [0, 0.1) is 0 Å². The molecule has 0 N–H and O–H groups in total. The summed E-state index contributed by atoms with van der Waals surface area (Å²) < 4.78 is 29.2. The van der Waals surface area contributed by atoms with Crippen LogP contribution in [0.3, 0.4) is 0 Å². The van der Waals surface area contributed by atoms with Gasteiger partial charge in [0.25, 0.3) is 10.0 Å². The van der Waals surface area contributed by atoms with Crippen molar-refractivity contribution in [2.45, 2.75) is 70.7 Å². The second kappa shape index (κ2) is 8.49. The Hall–Kier alpha value is -1.84. The summed E-state index contributed by atoms with van der Waals surface area (Å²) in [5, 5.41) is 6.01. The lowest BCUT2D eigenvalue weighted by Gasteiger charge is -2.40. The van der Waals surface area contributed by atoms with E-state index in [1.54, 1.807) is 30.5 Å². The normalized spacial score (nSPS) is 20.4. The van der Waals surface area contributed by atoms with Crippen molar-refractivity contribution in [3.8, 4) is 0 Å². The third kappa shape index (κ3) is 3.95. The van der Waals surface area contributed by atoms with Crippen LogP contribution in [0.25, 0.3) is 0 Å². The van der Waals surface area contributed by atoms with Crippen LogP contribution in [-0.2, 0) is 10.0 Å². The fourth-order valence-electron chi connectivity index (χ4n) is 3.73. The molecule has 7 nitrogen and oxygen atoms in total.